The number of nitrogens with two attached hydrogens (primary N) is 1. The van der Waals surface area contributed by atoms with Crippen LogP contribution in [-0.4, -0.2) is 11.6 Å². The van der Waals surface area contributed by atoms with Gasteiger partial charge in [-0.3, -0.25) is 4.98 Å². The number of hydrogen-bond donors (Lipinski definition) is 1. The fourth-order valence-electron chi connectivity index (χ4n) is 1.85. The zero-order valence-corrected chi connectivity index (χ0v) is 11.5. The van der Waals surface area contributed by atoms with Crippen molar-refractivity contribution in [2.75, 3.05) is 6.61 Å². The smallest absolute Gasteiger partial charge is 0.138 e. The van der Waals surface area contributed by atoms with Crippen LogP contribution in [0, 0.1) is 0 Å². The fourth-order valence-corrected chi connectivity index (χ4v) is 1.85. The SMILES string of the molecule is CCCOc1cncc(-c2ccc(C(C)N)cc2)c1. The Morgan fingerprint density at radius 3 is 2.53 bits per heavy atom. The molecule has 0 saturated heterocycles. The van der Waals surface area contributed by atoms with E-state index < -0.39 is 0 Å². The first-order valence-corrected chi connectivity index (χ1v) is 6.64. The van der Waals surface area contributed by atoms with Crippen molar-refractivity contribution < 1.29 is 4.74 Å². The van der Waals surface area contributed by atoms with Gasteiger partial charge in [0.1, 0.15) is 5.75 Å². The third-order valence-electron chi connectivity index (χ3n) is 2.96. The average Bonchev–Trinajstić information content (AvgIpc) is 2.45. The lowest BCUT2D eigenvalue weighted by atomic mass is 10.0. The van der Waals surface area contributed by atoms with Crippen LogP contribution in [-0.2, 0) is 0 Å². The van der Waals surface area contributed by atoms with Crippen molar-refractivity contribution in [3.8, 4) is 16.9 Å². The van der Waals surface area contributed by atoms with Crippen molar-refractivity contribution in [3.63, 3.8) is 0 Å². The van der Waals surface area contributed by atoms with Crippen LogP contribution in [0.1, 0.15) is 31.9 Å². The van der Waals surface area contributed by atoms with Gasteiger partial charge in [0.25, 0.3) is 0 Å². The van der Waals surface area contributed by atoms with Gasteiger partial charge in [-0.25, -0.2) is 0 Å². The summed E-state index contributed by atoms with van der Waals surface area (Å²) in [6, 6.07) is 10.3. The fraction of sp³-hybridized carbons (Fsp3) is 0.312. The average molecular weight is 256 g/mol. The van der Waals surface area contributed by atoms with Crippen molar-refractivity contribution in [2.24, 2.45) is 5.73 Å². The number of hydrogen-bond acceptors (Lipinski definition) is 3. The minimum Gasteiger partial charge on any atom is -0.492 e. The maximum Gasteiger partial charge on any atom is 0.138 e. The molecule has 0 aliphatic carbocycles. The van der Waals surface area contributed by atoms with Gasteiger partial charge < -0.3 is 10.5 Å². The molecule has 19 heavy (non-hydrogen) atoms. The largest absolute Gasteiger partial charge is 0.492 e. The normalized spacial score (nSPS) is 12.2. The summed E-state index contributed by atoms with van der Waals surface area (Å²) >= 11 is 0. The molecule has 0 aliphatic heterocycles. The third kappa shape index (κ3) is 3.55. The number of ether oxygens (including phenoxy) is 1. The molecule has 3 nitrogen and oxygen atoms in total. The molecule has 3 heteroatoms. The molecule has 0 aliphatic rings. The molecule has 2 aromatic rings. The van der Waals surface area contributed by atoms with Crippen molar-refractivity contribution in [1.82, 2.24) is 4.98 Å². The number of aromatic nitrogens is 1. The summed E-state index contributed by atoms with van der Waals surface area (Å²) in [5.41, 5.74) is 9.17. The van der Waals surface area contributed by atoms with Gasteiger partial charge in [0, 0.05) is 17.8 Å². The summed E-state index contributed by atoms with van der Waals surface area (Å²) in [7, 11) is 0. The monoisotopic (exact) mass is 256 g/mol. The molecule has 0 radical (unpaired) electrons. The van der Waals surface area contributed by atoms with Crippen LogP contribution in [0.4, 0.5) is 0 Å². The molecule has 100 valence electrons. The summed E-state index contributed by atoms with van der Waals surface area (Å²) in [5, 5.41) is 0. The van der Waals surface area contributed by atoms with E-state index in [2.05, 4.69) is 36.2 Å². The van der Waals surface area contributed by atoms with Gasteiger partial charge in [-0.05, 0) is 30.5 Å². The van der Waals surface area contributed by atoms with Crippen LogP contribution in [0.2, 0.25) is 0 Å². The molecule has 1 aromatic carbocycles. The summed E-state index contributed by atoms with van der Waals surface area (Å²) in [6.45, 7) is 4.79. The van der Waals surface area contributed by atoms with E-state index in [4.69, 9.17) is 10.5 Å². The third-order valence-corrected chi connectivity index (χ3v) is 2.96. The maximum atomic E-state index is 5.85. The Bertz CT molecular complexity index is 521. The number of pyridine rings is 1. The Labute approximate surface area is 114 Å². The summed E-state index contributed by atoms with van der Waals surface area (Å²) < 4.78 is 5.60. The molecule has 1 aromatic heterocycles. The van der Waals surface area contributed by atoms with Crippen molar-refractivity contribution >= 4 is 0 Å². The van der Waals surface area contributed by atoms with E-state index in [1.54, 1.807) is 6.20 Å². The standard InChI is InChI=1S/C16H20N2O/c1-3-8-19-16-9-15(10-18-11-16)14-6-4-13(5-7-14)12(2)17/h4-7,9-12H,3,8,17H2,1-2H3. The lowest BCUT2D eigenvalue weighted by molar-refractivity contribution is 0.316. The Kier molecular flexibility index (Phi) is 4.53. The lowest BCUT2D eigenvalue weighted by Gasteiger charge is -2.09. The Balaban J connectivity index is 2.21. The molecule has 2 N–H and O–H groups in total. The van der Waals surface area contributed by atoms with Crippen molar-refractivity contribution in [1.29, 1.82) is 0 Å². The number of rotatable bonds is 5. The quantitative estimate of drug-likeness (QED) is 0.889. The van der Waals surface area contributed by atoms with E-state index in [9.17, 15) is 0 Å². The number of nitrogens with zero attached hydrogens (tertiary/aromatic N) is 1. The molecule has 1 atom stereocenters. The highest BCUT2D eigenvalue weighted by Gasteiger charge is 2.03. The molecule has 0 spiro atoms. The predicted molar refractivity (Wildman–Crippen MR) is 78.1 cm³/mol. The van der Waals surface area contributed by atoms with E-state index in [0.717, 1.165) is 35.5 Å². The van der Waals surface area contributed by atoms with Gasteiger partial charge in [0.15, 0.2) is 0 Å². The van der Waals surface area contributed by atoms with Crippen LogP contribution < -0.4 is 10.5 Å². The van der Waals surface area contributed by atoms with E-state index in [-0.39, 0.29) is 6.04 Å². The summed E-state index contributed by atoms with van der Waals surface area (Å²) in [6.07, 6.45) is 4.59. The van der Waals surface area contributed by atoms with Crippen LogP contribution in [0.25, 0.3) is 11.1 Å². The van der Waals surface area contributed by atoms with Crippen molar-refractivity contribution in [2.45, 2.75) is 26.3 Å². The first-order valence-electron chi connectivity index (χ1n) is 6.64. The second-order valence-corrected chi connectivity index (χ2v) is 4.67. The Morgan fingerprint density at radius 1 is 1.16 bits per heavy atom. The molecule has 0 saturated carbocycles. The van der Waals surface area contributed by atoms with Gasteiger partial charge >= 0.3 is 0 Å². The molecular formula is C16H20N2O. The second-order valence-electron chi connectivity index (χ2n) is 4.67. The molecule has 0 bridgehead atoms. The van der Waals surface area contributed by atoms with E-state index in [1.165, 1.54) is 0 Å². The van der Waals surface area contributed by atoms with Crippen LogP contribution in [0.5, 0.6) is 5.75 Å². The first kappa shape index (κ1) is 13.6. The maximum absolute atomic E-state index is 5.85. The Morgan fingerprint density at radius 2 is 1.89 bits per heavy atom. The van der Waals surface area contributed by atoms with Crippen LogP contribution in [0.15, 0.2) is 42.7 Å². The van der Waals surface area contributed by atoms with Crippen LogP contribution >= 0.6 is 0 Å². The molecule has 0 fully saturated rings. The van der Waals surface area contributed by atoms with Gasteiger partial charge in [-0.1, -0.05) is 31.2 Å². The first-order chi connectivity index (χ1) is 9.20. The van der Waals surface area contributed by atoms with Crippen molar-refractivity contribution in [3.05, 3.63) is 48.3 Å². The number of benzene rings is 1. The summed E-state index contributed by atoms with van der Waals surface area (Å²) in [4.78, 5) is 4.22. The summed E-state index contributed by atoms with van der Waals surface area (Å²) in [5.74, 6) is 0.815. The van der Waals surface area contributed by atoms with Gasteiger partial charge in [-0.15, -0.1) is 0 Å². The zero-order chi connectivity index (χ0) is 13.7. The van der Waals surface area contributed by atoms with Crippen LogP contribution in [0.3, 0.4) is 0 Å². The van der Waals surface area contributed by atoms with Gasteiger partial charge in [0.05, 0.1) is 12.8 Å². The molecule has 0 amide bonds. The second kappa shape index (κ2) is 6.34. The minimum absolute atomic E-state index is 0.0615. The molecule has 1 heterocycles. The molecular weight excluding hydrogens is 236 g/mol. The Hall–Kier alpha value is -1.87. The highest BCUT2D eigenvalue weighted by atomic mass is 16.5. The zero-order valence-electron chi connectivity index (χ0n) is 11.5. The van der Waals surface area contributed by atoms with E-state index in [1.807, 2.05) is 19.2 Å². The highest BCUT2D eigenvalue weighted by molar-refractivity contribution is 5.64. The van der Waals surface area contributed by atoms with E-state index >= 15 is 0 Å². The lowest BCUT2D eigenvalue weighted by Crippen LogP contribution is -2.04. The van der Waals surface area contributed by atoms with Gasteiger partial charge in [-0.2, -0.15) is 0 Å². The van der Waals surface area contributed by atoms with E-state index in [0.29, 0.717) is 0 Å². The topological polar surface area (TPSA) is 48.1 Å². The minimum atomic E-state index is 0.0615. The molecule has 2 rings (SSSR count). The predicted octanol–water partition coefficient (Wildman–Crippen LogP) is 3.56. The highest BCUT2D eigenvalue weighted by Crippen LogP contribution is 2.24. The molecule has 1 unspecified atom stereocenters. The van der Waals surface area contributed by atoms with Gasteiger partial charge in [0.2, 0.25) is 0 Å².